The summed E-state index contributed by atoms with van der Waals surface area (Å²) >= 11 is 11.3. The average Bonchev–Trinajstić information content (AvgIpc) is 3.67. The third kappa shape index (κ3) is 30.8. The van der Waals surface area contributed by atoms with Crippen molar-refractivity contribution in [3.05, 3.63) is 278 Å². The molecule has 84 heavy (non-hydrogen) atoms. The molecule has 0 atom stereocenters. The first-order valence-corrected chi connectivity index (χ1v) is 30.4. The highest BCUT2D eigenvalue weighted by molar-refractivity contribution is 7.80. The summed E-state index contributed by atoms with van der Waals surface area (Å²) in [4.78, 5) is 49.7. The van der Waals surface area contributed by atoms with Crippen LogP contribution in [0.15, 0.2) is 199 Å². The van der Waals surface area contributed by atoms with E-state index in [9.17, 15) is 19.2 Å². The number of carbonyl (C=O) groups is 4. The first-order chi connectivity index (χ1) is 40.4. The standard InChI is InChI=1S/2C19H20O4.C9H12.C8H10S.2C8H10.2CH4S/c2*1-2-3-13-22-18(20)16-11-7-8-12-17(16)19(21)23-14-15-9-5-4-6-10-15;1-7-4-5-8(2)9(3)6-7;1-6-4-3-5-8(9)7(6)2;1-7-4-3-5-8(2)6-7;1-7-5-3-4-6-8(7)2;2*1-2/h2*4-12H,2-3,13-14H2,1H3;4-6H,1-3H3;3-5,9H,1-2H3;2*3-6H,1-2H3;2*2H,1H3. The van der Waals surface area contributed by atoms with E-state index in [0.29, 0.717) is 13.2 Å². The molecule has 0 fully saturated rings. The molecular weight excluding hydrogens is 1100 g/mol. The van der Waals surface area contributed by atoms with Crippen LogP contribution in [0.2, 0.25) is 0 Å². The second kappa shape index (κ2) is 45.2. The molecule has 0 heterocycles. The van der Waals surface area contributed by atoms with Gasteiger partial charge >= 0.3 is 23.9 Å². The van der Waals surface area contributed by atoms with Crippen LogP contribution in [0.4, 0.5) is 0 Å². The van der Waals surface area contributed by atoms with E-state index < -0.39 is 23.9 Å². The molecule has 0 saturated carbocycles. The van der Waals surface area contributed by atoms with Gasteiger partial charge in [-0.1, -0.05) is 207 Å². The van der Waals surface area contributed by atoms with E-state index in [1.165, 1.54) is 50.1 Å². The lowest BCUT2D eigenvalue weighted by Crippen LogP contribution is -2.14. The molecule has 8 nitrogen and oxygen atoms in total. The van der Waals surface area contributed by atoms with E-state index in [1.807, 2.05) is 86.6 Å². The van der Waals surface area contributed by atoms with Crippen LogP contribution in [0.3, 0.4) is 0 Å². The molecule has 0 aromatic heterocycles. The molecule has 0 radical (unpaired) electrons. The molecule has 8 aromatic rings. The van der Waals surface area contributed by atoms with E-state index in [2.05, 4.69) is 173 Å². The Hall–Kier alpha value is -7.31. The minimum Gasteiger partial charge on any atom is -0.462 e. The minimum atomic E-state index is -0.531. The molecule has 0 unspecified atom stereocenters. The summed E-state index contributed by atoms with van der Waals surface area (Å²) in [7, 11) is 0. The van der Waals surface area contributed by atoms with Crippen LogP contribution in [-0.4, -0.2) is 49.6 Å². The highest BCUT2D eigenvalue weighted by Gasteiger charge is 2.20. The Balaban J connectivity index is 0.000000530. The number of carbonyl (C=O) groups excluding carboxylic acids is 4. The van der Waals surface area contributed by atoms with Crippen molar-refractivity contribution in [3.8, 4) is 0 Å². The number of unbranched alkanes of at least 4 members (excludes halogenated alkanes) is 2. The van der Waals surface area contributed by atoms with Gasteiger partial charge in [-0.25, -0.2) is 19.2 Å². The van der Waals surface area contributed by atoms with Crippen molar-refractivity contribution in [2.45, 2.75) is 120 Å². The number of ether oxygens (including phenoxy) is 4. The Bertz CT molecular complexity index is 2950. The summed E-state index contributed by atoms with van der Waals surface area (Å²) < 4.78 is 20.9. The Morgan fingerprint density at radius 2 is 0.655 bits per heavy atom. The monoisotopic (exact) mass is 1190 g/mol. The zero-order valence-corrected chi connectivity index (χ0v) is 54.4. The fraction of sp³-hybridized carbons (Fsp3) is 0.288. The third-order valence-electron chi connectivity index (χ3n) is 12.5. The number of rotatable bonds is 14. The van der Waals surface area contributed by atoms with Crippen molar-refractivity contribution in [1.29, 1.82) is 0 Å². The minimum absolute atomic E-state index is 0.166. The van der Waals surface area contributed by atoms with E-state index in [1.54, 1.807) is 61.0 Å². The number of hydrogen-bond donors (Lipinski definition) is 3. The number of aryl methyl sites for hydroxylation is 8. The van der Waals surface area contributed by atoms with Gasteiger partial charge in [0, 0.05) is 4.90 Å². The predicted molar refractivity (Wildman–Crippen MR) is 360 cm³/mol. The molecule has 0 aliphatic rings. The normalized spacial score (nSPS) is 9.52. The number of benzene rings is 8. The SMILES string of the molecule is CCCCOC(=O)c1ccccc1C(=O)OCc1ccccc1.CCCCOC(=O)c1ccccc1C(=O)OCc1ccccc1.CS.CS.Cc1ccc(C)c(C)c1.Cc1cccc(C)c1.Cc1cccc(S)c1C.Cc1ccccc1C. The second-order valence-electron chi connectivity index (χ2n) is 19.2. The van der Waals surface area contributed by atoms with Crippen molar-refractivity contribution < 1.29 is 38.1 Å². The van der Waals surface area contributed by atoms with Gasteiger partial charge in [-0.3, -0.25) is 0 Å². The van der Waals surface area contributed by atoms with Gasteiger partial charge in [-0.2, -0.15) is 25.3 Å². The third-order valence-corrected chi connectivity index (χ3v) is 12.9. The van der Waals surface area contributed by atoms with E-state index in [-0.39, 0.29) is 35.5 Å². The van der Waals surface area contributed by atoms with Gasteiger partial charge in [-0.05, 0) is 163 Å². The van der Waals surface area contributed by atoms with E-state index >= 15 is 0 Å². The molecule has 0 bridgehead atoms. The lowest BCUT2D eigenvalue weighted by Gasteiger charge is -2.09. The van der Waals surface area contributed by atoms with Gasteiger partial charge in [0.05, 0.1) is 35.5 Å². The van der Waals surface area contributed by atoms with E-state index in [4.69, 9.17) is 18.9 Å². The van der Waals surface area contributed by atoms with Crippen LogP contribution >= 0.6 is 37.9 Å². The molecule has 0 aliphatic carbocycles. The molecule has 448 valence electrons. The van der Waals surface area contributed by atoms with Gasteiger partial charge in [0.25, 0.3) is 0 Å². The van der Waals surface area contributed by atoms with Crippen LogP contribution < -0.4 is 0 Å². The smallest absolute Gasteiger partial charge is 0.339 e. The van der Waals surface area contributed by atoms with Crippen LogP contribution in [0.25, 0.3) is 0 Å². The van der Waals surface area contributed by atoms with Gasteiger partial charge < -0.3 is 18.9 Å². The van der Waals surface area contributed by atoms with Gasteiger partial charge in [0.1, 0.15) is 13.2 Å². The fourth-order valence-electron chi connectivity index (χ4n) is 7.15. The molecule has 11 heteroatoms. The van der Waals surface area contributed by atoms with Crippen molar-refractivity contribution in [2.75, 3.05) is 25.7 Å². The van der Waals surface area contributed by atoms with Crippen LogP contribution in [-0.2, 0) is 32.2 Å². The molecule has 0 saturated heterocycles. The summed E-state index contributed by atoms with van der Waals surface area (Å²) in [6, 6.07) is 61.3. The van der Waals surface area contributed by atoms with Gasteiger partial charge in [0.15, 0.2) is 0 Å². The number of esters is 4. The lowest BCUT2D eigenvalue weighted by atomic mass is 10.1. The maximum Gasteiger partial charge on any atom is 0.339 e. The quantitative estimate of drug-likeness (QED) is 0.0428. The maximum atomic E-state index is 12.2. The Morgan fingerprint density at radius 1 is 0.333 bits per heavy atom. The maximum absolute atomic E-state index is 12.2. The molecular formula is C73H90O8S3. The van der Waals surface area contributed by atoms with Crippen LogP contribution in [0, 0.1) is 62.3 Å². The molecule has 0 amide bonds. The fourth-order valence-corrected chi connectivity index (χ4v) is 7.41. The highest BCUT2D eigenvalue weighted by Crippen LogP contribution is 2.17. The molecule has 0 spiro atoms. The second-order valence-corrected chi connectivity index (χ2v) is 19.7. The topological polar surface area (TPSA) is 105 Å². The van der Waals surface area contributed by atoms with E-state index in [0.717, 1.165) is 41.7 Å². The Kier molecular flexibility index (Phi) is 40.2. The average molecular weight is 1190 g/mol. The van der Waals surface area contributed by atoms with Crippen molar-refractivity contribution in [2.24, 2.45) is 0 Å². The molecule has 0 aliphatic heterocycles. The number of hydrogen-bond acceptors (Lipinski definition) is 11. The van der Waals surface area contributed by atoms with Crippen LogP contribution in [0.1, 0.15) is 142 Å². The molecule has 8 aromatic carbocycles. The summed E-state index contributed by atoms with van der Waals surface area (Å²) in [6.45, 7) is 24.1. The van der Waals surface area contributed by atoms with Crippen molar-refractivity contribution >= 4 is 61.8 Å². The summed E-state index contributed by atoms with van der Waals surface area (Å²) in [6.07, 6.45) is 6.86. The molecule has 0 N–H and O–H groups in total. The highest BCUT2D eigenvalue weighted by atomic mass is 32.1. The van der Waals surface area contributed by atoms with Gasteiger partial charge in [0.2, 0.25) is 0 Å². The first kappa shape index (κ1) is 74.7. The summed E-state index contributed by atoms with van der Waals surface area (Å²) in [5, 5.41) is 0. The first-order valence-electron chi connectivity index (χ1n) is 28.1. The van der Waals surface area contributed by atoms with Crippen molar-refractivity contribution in [1.82, 2.24) is 0 Å². The largest absolute Gasteiger partial charge is 0.462 e. The Morgan fingerprint density at radius 3 is 0.964 bits per heavy atom. The summed E-state index contributed by atoms with van der Waals surface area (Å²) in [5.74, 6) is -2.05. The zero-order chi connectivity index (χ0) is 62.7. The van der Waals surface area contributed by atoms with Crippen LogP contribution in [0.5, 0.6) is 0 Å². The Labute approximate surface area is 520 Å². The summed E-state index contributed by atoms with van der Waals surface area (Å²) in [5.41, 5.74) is 14.8. The lowest BCUT2D eigenvalue weighted by molar-refractivity contribution is 0.0436. The number of thiol groups is 3. The van der Waals surface area contributed by atoms with Gasteiger partial charge in [-0.15, -0.1) is 12.6 Å². The zero-order valence-electron chi connectivity index (χ0n) is 51.7. The molecule has 8 rings (SSSR count). The van der Waals surface area contributed by atoms with Crippen molar-refractivity contribution in [3.63, 3.8) is 0 Å². The predicted octanol–water partition coefficient (Wildman–Crippen LogP) is 18.9.